The molecular weight excluding hydrogens is 242 g/mol. The lowest BCUT2D eigenvalue weighted by Gasteiger charge is -2.37. The molecule has 2 rings (SSSR count). The summed E-state index contributed by atoms with van der Waals surface area (Å²) >= 11 is 0. The van der Waals surface area contributed by atoms with E-state index < -0.39 is 5.97 Å². The summed E-state index contributed by atoms with van der Waals surface area (Å²) < 4.78 is 5.54. The first-order valence-corrected chi connectivity index (χ1v) is 7.20. The predicted octanol–water partition coefficient (Wildman–Crippen LogP) is 3.31. The van der Waals surface area contributed by atoms with Gasteiger partial charge in [0.25, 0.3) is 0 Å². The Bertz CT molecular complexity index is 388. The molecule has 0 saturated carbocycles. The van der Waals surface area contributed by atoms with Crippen LogP contribution in [-0.2, 0) is 4.79 Å². The average Bonchev–Trinajstić information content (AvgIpc) is 2.92. The van der Waals surface area contributed by atoms with E-state index >= 15 is 0 Å². The topological polar surface area (TPSA) is 53.7 Å². The average molecular weight is 265 g/mol. The highest BCUT2D eigenvalue weighted by molar-refractivity contribution is 5.66. The number of carboxylic acids is 1. The van der Waals surface area contributed by atoms with Crippen molar-refractivity contribution in [2.75, 3.05) is 13.1 Å². The second-order valence-corrected chi connectivity index (χ2v) is 5.38. The van der Waals surface area contributed by atoms with Gasteiger partial charge in [0, 0.05) is 13.0 Å². The van der Waals surface area contributed by atoms with Gasteiger partial charge >= 0.3 is 5.97 Å². The molecule has 1 aliphatic rings. The zero-order valence-corrected chi connectivity index (χ0v) is 11.5. The largest absolute Gasteiger partial charge is 0.481 e. The number of nitrogens with zero attached hydrogens (tertiary/aromatic N) is 1. The van der Waals surface area contributed by atoms with Crippen molar-refractivity contribution in [1.82, 2.24) is 4.90 Å². The summed E-state index contributed by atoms with van der Waals surface area (Å²) in [6.45, 7) is 4.25. The fourth-order valence-corrected chi connectivity index (χ4v) is 3.06. The van der Waals surface area contributed by atoms with Gasteiger partial charge in [0.1, 0.15) is 5.76 Å². The fourth-order valence-electron chi connectivity index (χ4n) is 3.06. The molecule has 19 heavy (non-hydrogen) atoms. The van der Waals surface area contributed by atoms with Crippen LogP contribution in [0, 0.1) is 5.92 Å². The van der Waals surface area contributed by atoms with Gasteiger partial charge in [0.15, 0.2) is 0 Å². The molecule has 0 bridgehead atoms. The summed E-state index contributed by atoms with van der Waals surface area (Å²) in [7, 11) is 0. The van der Waals surface area contributed by atoms with E-state index in [4.69, 9.17) is 9.52 Å². The van der Waals surface area contributed by atoms with E-state index in [-0.39, 0.29) is 6.42 Å². The SMILES string of the molecule is CCC(c1ccco1)N1CCCC(CCC(=O)O)C1. The zero-order chi connectivity index (χ0) is 13.7. The van der Waals surface area contributed by atoms with E-state index in [1.54, 1.807) is 6.26 Å². The lowest BCUT2D eigenvalue weighted by Crippen LogP contribution is -2.38. The predicted molar refractivity (Wildman–Crippen MR) is 72.9 cm³/mol. The lowest BCUT2D eigenvalue weighted by molar-refractivity contribution is -0.137. The quantitative estimate of drug-likeness (QED) is 0.857. The fraction of sp³-hybridized carbons (Fsp3) is 0.667. The summed E-state index contributed by atoms with van der Waals surface area (Å²) in [6, 6.07) is 4.31. The molecule has 4 nitrogen and oxygen atoms in total. The molecule has 2 heterocycles. The van der Waals surface area contributed by atoms with E-state index in [1.165, 1.54) is 0 Å². The van der Waals surface area contributed by atoms with Crippen LogP contribution in [-0.4, -0.2) is 29.1 Å². The Hall–Kier alpha value is -1.29. The van der Waals surface area contributed by atoms with Crippen LogP contribution in [0.15, 0.2) is 22.8 Å². The van der Waals surface area contributed by atoms with E-state index in [9.17, 15) is 4.79 Å². The van der Waals surface area contributed by atoms with E-state index in [0.717, 1.165) is 44.5 Å². The maximum Gasteiger partial charge on any atom is 0.303 e. The molecule has 4 heteroatoms. The Kier molecular flexibility index (Phi) is 5.02. The third kappa shape index (κ3) is 3.83. The number of piperidine rings is 1. The van der Waals surface area contributed by atoms with Gasteiger partial charge in [-0.1, -0.05) is 6.92 Å². The molecule has 1 aromatic heterocycles. The van der Waals surface area contributed by atoms with Crippen molar-refractivity contribution in [3.8, 4) is 0 Å². The summed E-state index contributed by atoms with van der Waals surface area (Å²) in [5.74, 6) is 0.852. The Balaban J connectivity index is 1.93. The van der Waals surface area contributed by atoms with Gasteiger partial charge in [-0.3, -0.25) is 9.69 Å². The van der Waals surface area contributed by atoms with Crippen molar-refractivity contribution in [2.24, 2.45) is 5.92 Å². The molecule has 0 spiro atoms. The number of hydrogen-bond donors (Lipinski definition) is 1. The van der Waals surface area contributed by atoms with Crippen molar-refractivity contribution in [2.45, 2.75) is 45.1 Å². The normalized spacial score (nSPS) is 22.3. The number of rotatable bonds is 6. The third-order valence-electron chi connectivity index (χ3n) is 4.02. The molecule has 106 valence electrons. The highest BCUT2D eigenvalue weighted by Gasteiger charge is 2.27. The third-order valence-corrected chi connectivity index (χ3v) is 4.02. The van der Waals surface area contributed by atoms with Crippen LogP contribution in [0.5, 0.6) is 0 Å². The Morgan fingerprint density at radius 1 is 1.63 bits per heavy atom. The second-order valence-electron chi connectivity index (χ2n) is 5.38. The summed E-state index contributed by atoms with van der Waals surface area (Å²) in [5, 5.41) is 8.79. The van der Waals surface area contributed by atoms with Crippen molar-refractivity contribution in [3.05, 3.63) is 24.2 Å². The summed E-state index contributed by atoms with van der Waals surface area (Å²) in [5.41, 5.74) is 0. The Morgan fingerprint density at radius 2 is 2.47 bits per heavy atom. The van der Waals surface area contributed by atoms with E-state index in [1.807, 2.05) is 12.1 Å². The summed E-state index contributed by atoms with van der Waals surface area (Å²) in [4.78, 5) is 13.1. The molecule has 1 N–H and O–H groups in total. The van der Waals surface area contributed by atoms with E-state index in [2.05, 4.69) is 11.8 Å². The second kappa shape index (κ2) is 6.75. The van der Waals surface area contributed by atoms with Crippen LogP contribution in [0.2, 0.25) is 0 Å². The lowest BCUT2D eigenvalue weighted by atomic mass is 9.92. The first kappa shape index (κ1) is 14.1. The summed E-state index contributed by atoms with van der Waals surface area (Å²) in [6.07, 6.45) is 6.14. The maximum atomic E-state index is 10.7. The van der Waals surface area contributed by atoms with Gasteiger partial charge in [0.2, 0.25) is 0 Å². The molecule has 0 amide bonds. The zero-order valence-electron chi connectivity index (χ0n) is 11.5. The van der Waals surface area contributed by atoms with Crippen LogP contribution < -0.4 is 0 Å². The number of carboxylic acid groups (broad SMARTS) is 1. The van der Waals surface area contributed by atoms with E-state index in [0.29, 0.717) is 12.0 Å². The minimum absolute atomic E-state index is 0.288. The molecule has 1 aromatic rings. The van der Waals surface area contributed by atoms with Crippen LogP contribution >= 0.6 is 0 Å². The highest BCUT2D eigenvalue weighted by atomic mass is 16.4. The van der Waals surface area contributed by atoms with Crippen molar-refractivity contribution in [3.63, 3.8) is 0 Å². The molecule has 2 atom stereocenters. The van der Waals surface area contributed by atoms with Crippen LogP contribution in [0.25, 0.3) is 0 Å². The molecule has 0 radical (unpaired) electrons. The minimum atomic E-state index is -0.685. The van der Waals surface area contributed by atoms with Crippen molar-refractivity contribution < 1.29 is 14.3 Å². The van der Waals surface area contributed by atoms with Gasteiger partial charge < -0.3 is 9.52 Å². The number of hydrogen-bond acceptors (Lipinski definition) is 3. The van der Waals surface area contributed by atoms with Gasteiger partial charge in [-0.15, -0.1) is 0 Å². The Labute approximate surface area is 114 Å². The number of aliphatic carboxylic acids is 1. The van der Waals surface area contributed by atoms with Gasteiger partial charge in [-0.05, 0) is 50.3 Å². The van der Waals surface area contributed by atoms with Crippen LogP contribution in [0.1, 0.15) is 50.8 Å². The highest BCUT2D eigenvalue weighted by Crippen LogP contribution is 2.30. The first-order chi connectivity index (χ1) is 9.20. The van der Waals surface area contributed by atoms with Crippen LogP contribution in [0.3, 0.4) is 0 Å². The molecule has 0 aromatic carbocycles. The maximum absolute atomic E-state index is 10.7. The van der Waals surface area contributed by atoms with Crippen LogP contribution in [0.4, 0.5) is 0 Å². The smallest absolute Gasteiger partial charge is 0.303 e. The monoisotopic (exact) mass is 265 g/mol. The molecular formula is C15H23NO3. The molecule has 1 fully saturated rings. The molecule has 0 aliphatic carbocycles. The van der Waals surface area contributed by atoms with Crippen molar-refractivity contribution in [1.29, 1.82) is 0 Å². The number of furan rings is 1. The number of carbonyl (C=O) groups is 1. The molecule has 1 saturated heterocycles. The van der Waals surface area contributed by atoms with Crippen molar-refractivity contribution >= 4 is 5.97 Å². The molecule has 2 unspecified atom stereocenters. The first-order valence-electron chi connectivity index (χ1n) is 7.20. The Morgan fingerprint density at radius 3 is 3.11 bits per heavy atom. The minimum Gasteiger partial charge on any atom is -0.481 e. The molecule has 1 aliphatic heterocycles. The van der Waals surface area contributed by atoms with Gasteiger partial charge in [-0.25, -0.2) is 0 Å². The standard InChI is InChI=1S/C15H23NO3/c1-2-13(14-6-4-10-19-14)16-9-3-5-12(11-16)7-8-15(17)18/h4,6,10,12-13H,2-3,5,7-9,11H2,1H3,(H,17,18). The number of likely N-dealkylation sites (tertiary alicyclic amines) is 1. The van der Waals surface area contributed by atoms with Gasteiger partial charge in [0.05, 0.1) is 12.3 Å². The van der Waals surface area contributed by atoms with Gasteiger partial charge in [-0.2, -0.15) is 0 Å².